The first-order valence-electron chi connectivity index (χ1n) is 7.14. The van der Waals surface area contributed by atoms with Gasteiger partial charge in [-0.1, -0.05) is 6.42 Å². The molecule has 0 saturated heterocycles. The molecule has 0 aromatic heterocycles. The summed E-state index contributed by atoms with van der Waals surface area (Å²) in [6.07, 6.45) is 4.02. The summed E-state index contributed by atoms with van der Waals surface area (Å²) < 4.78 is 5.36. The molecule has 0 aliphatic heterocycles. The highest BCUT2D eigenvalue weighted by molar-refractivity contribution is 5.58. The van der Waals surface area contributed by atoms with Crippen molar-refractivity contribution in [2.45, 2.75) is 33.1 Å². The predicted octanol–water partition coefficient (Wildman–Crippen LogP) is 3.11. The number of anilines is 1. The highest BCUT2D eigenvalue weighted by Gasteiger charge is 2.36. The maximum atomic E-state index is 5.36. The van der Waals surface area contributed by atoms with Crippen LogP contribution >= 0.6 is 0 Å². The minimum Gasteiger partial charge on any atom is -0.496 e. The summed E-state index contributed by atoms with van der Waals surface area (Å²) in [5.74, 6) is 0.969. The van der Waals surface area contributed by atoms with E-state index in [1.807, 2.05) is 7.05 Å². The Morgan fingerprint density at radius 2 is 1.89 bits per heavy atom. The van der Waals surface area contributed by atoms with Gasteiger partial charge in [0.2, 0.25) is 0 Å². The molecule has 0 heterocycles. The molecule has 2 N–H and O–H groups in total. The third-order valence-electron chi connectivity index (χ3n) is 4.58. The van der Waals surface area contributed by atoms with Gasteiger partial charge >= 0.3 is 0 Å². The molecule has 1 saturated carbocycles. The molecule has 106 valence electrons. The van der Waals surface area contributed by atoms with E-state index in [0.29, 0.717) is 5.41 Å². The first-order chi connectivity index (χ1) is 9.12. The molecule has 19 heavy (non-hydrogen) atoms. The maximum Gasteiger partial charge on any atom is 0.122 e. The van der Waals surface area contributed by atoms with Crippen molar-refractivity contribution in [2.75, 3.05) is 32.6 Å². The van der Waals surface area contributed by atoms with Crippen LogP contribution in [-0.2, 0) is 0 Å². The lowest BCUT2D eigenvalue weighted by Crippen LogP contribution is -2.44. The van der Waals surface area contributed by atoms with Crippen LogP contribution in [0.2, 0.25) is 0 Å². The van der Waals surface area contributed by atoms with Crippen LogP contribution in [0, 0.1) is 19.3 Å². The van der Waals surface area contributed by atoms with Crippen molar-refractivity contribution in [2.24, 2.45) is 5.41 Å². The summed E-state index contributed by atoms with van der Waals surface area (Å²) in [7, 11) is 3.77. The molecule has 1 aromatic rings. The Kier molecular flexibility index (Phi) is 4.35. The Bertz CT molecular complexity index is 439. The van der Waals surface area contributed by atoms with Crippen LogP contribution in [-0.4, -0.2) is 27.2 Å². The summed E-state index contributed by atoms with van der Waals surface area (Å²) in [6.45, 7) is 6.44. The molecule has 0 amide bonds. The van der Waals surface area contributed by atoms with Gasteiger partial charge in [-0.25, -0.2) is 0 Å². The first-order valence-corrected chi connectivity index (χ1v) is 7.14. The van der Waals surface area contributed by atoms with E-state index in [4.69, 9.17) is 4.74 Å². The third kappa shape index (κ3) is 2.86. The average molecular weight is 262 g/mol. The van der Waals surface area contributed by atoms with E-state index in [2.05, 4.69) is 36.6 Å². The summed E-state index contributed by atoms with van der Waals surface area (Å²) in [4.78, 5) is 0. The molecule has 2 rings (SSSR count). The van der Waals surface area contributed by atoms with Crippen molar-refractivity contribution in [1.82, 2.24) is 5.32 Å². The number of rotatable bonds is 6. The fourth-order valence-electron chi connectivity index (χ4n) is 2.96. The molecule has 0 spiro atoms. The van der Waals surface area contributed by atoms with Crippen LogP contribution in [0.3, 0.4) is 0 Å². The Morgan fingerprint density at radius 3 is 2.42 bits per heavy atom. The van der Waals surface area contributed by atoms with Gasteiger partial charge in [0, 0.05) is 24.2 Å². The molecule has 1 aliphatic carbocycles. The van der Waals surface area contributed by atoms with E-state index in [0.717, 1.165) is 18.8 Å². The van der Waals surface area contributed by atoms with Crippen LogP contribution in [0.4, 0.5) is 5.69 Å². The molecule has 1 fully saturated rings. The lowest BCUT2D eigenvalue weighted by atomic mass is 9.68. The van der Waals surface area contributed by atoms with E-state index in [1.54, 1.807) is 7.11 Å². The Labute approximate surface area is 116 Å². The van der Waals surface area contributed by atoms with Crippen molar-refractivity contribution < 1.29 is 4.74 Å². The summed E-state index contributed by atoms with van der Waals surface area (Å²) in [6, 6.07) is 4.18. The first kappa shape index (κ1) is 14.2. The molecule has 0 radical (unpaired) electrons. The van der Waals surface area contributed by atoms with Crippen LogP contribution in [0.15, 0.2) is 12.1 Å². The largest absolute Gasteiger partial charge is 0.496 e. The predicted molar refractivity (Wildman–Crippen MR) is 81.2 cm³/mol. The zero-order chi connectivity index (χ0) is 13.9. The van der Waals surface area contributed by atoms with E-state index in [-0.39, 0.29) is 0 Å². The van der Waals surface area contributed by atoms with E-state index in [1.165, 1.54) is 36.1 Å². The van der Waals surface area contributed by atoms with Gasteiger partial charge in [-0.2, -0.15) is 0 Å². The molecule has 0 unspecified atom stereocenters. The van der Waals surface area contributed by atoms with Crippen LogP contribution in [0.1, 0.15) is 30.4 Å². The van der Waals surface area contributed by atoms with Gasteiger partial charge in [0.25, 0.3) is 0 Å². The summed E-state index contributed by atoms with van der Waals surface area (Å²) in [5.41, 5.74) is 4.21. The molecular formula is C16H26N2O. The second-order valence-corrected chi connectivity index (χ2v) is 5.80. The Balaban J connectivity index is 2.05. The maximum absolute atomic E-state index is 5.36. The van der Waals surface area contributed by atoms with Crippen LogP contribution < -0.4 is 15.4 Å². The number of benzene rings is 1. The second-order valence-electron chi connectivity index (χ2n) is 5.80. The van der Waals surface area contributed by atoms with Crippen LogP contribution in [0.25, 0.3) is 0 Å². The topological polar surface area (TPSA) is 33.3 Å². The fourth-order valence-corrected chi connectivity index (χ4v) is 2.96. The lowest BCUT2D eigenvalue weighted by Gasteiger charge is -2.42. The van der Waals surface area contributed by atoms with Gasteiger partial charge in [0.1, 0.15) is 5.75 Å². The van der Waals surface area contributed by atoms with Gasteiger partial charge in [-0.15, -0.1) is 0 Å². The molecule has 1 aliphatic rings. The second kappa shape index (κ2) is 5.83. The molecular weight excluding hydrogens is 236 g/mol. The fraction of sp³-hybridized carbons (Fsp3) is 0.625. The van der Waals surface area contributed by atoms with Gasteiger partial charge in [-0.3, -0.25) is 0 Å². The van der Waals surface area contributed by atoms with Crippen molar-refractivity contribution >= 4 is 5.69 Å². The molecule has 0 atom stereocenters. The standard InChI is InChI=1S/C16H26N2O/c1-12-13(2)15(19-4)7-6-14(12)18-11-16(10-17-3)8-5-9-16/h6-7,17-18H,5,8-11H2,1-4H3. The number of methoxy groups -OCH3 is 1. The number of ether oxygens (including phenoxy) is 1. The number of hydrogen-bond acceptors (Lipinski definition) is 3. The zero-order valence-corrected chi connectivity index (χ0v) is 12.6. The summed E-state index contributed by atoms with van der Waals surface area (Å²) >= 11 is 0. The SMILES string of the molecule is CNCC1(CNc2ccc(OC)c(C)c2C)CCC1. The van der Waals surface area contributed by atoms with E-state index < -0.39 is 0 Å². The Hall–Kier alpha value is -1.22. The number of nitrogens with one attached hydrogen (secondary N) is 2. The molecule has 0 bridgehead atoms. The van der Waals surface area contributed by atoms with E-state index in [9.17, 15) is 0 Å². The highest BCUT2D eigenvalue weighted by Crippen LogP contribution is 2.40. The van der Waals surface area contributed by atoms with Gasteiger partial charge < -0.3 is 15.4 Å². The van der Waals surface area contributed by atoms with Crippen molar-refractivity contribution in [1.29, 1.82) is 0 Å². The van der Waals surface area contributed by atoms with Crippen molar-refractivity contribution in [3.63, 3.8) is 0 Å². The van der Waals surface area contributed by atoms with E-state index >= 15 is 0 Å². The van der Waals surface area contributed by atoms with Crippen molar-refractivity contribution in [3.05, 3.63) is 23.3 Å². The molecule has 3 heteroatoms. The smallest absolute Gasteiger partial charge is 0.122 e. The number of hydrogen-bond donors (Lipinski definition) is 2. The van der Waals surface area contributed by atoms with Gasteiger partial charge in [0.15, 0.2) is 0 Å². The highest BCUT2D eigenvalue weighted by atomic mass is 16.5. The van der Waals surface area contributed by atoms with Crippen LogP contribution in [0.5, 0.6) is 5.75 Å². The van der Waals surface area contributed by atoms with Gasteiger partial charge in [-0.05, 0) is 57.0 Å². The zero-order valence-electron chi connectivity index (χ0n) is 12.6. The minimum absolute atomic E-state index is 0.453. The quantitative estimate of drug-likeness (QED) is 0.826. The minimum atomic E-state index is 0.453. The molecule has 3 nitrogen and oxygen atoms in total. The Morgan fingerprint density at radius 1 is 1.16 bits per heavy atom. The third-order valence-corrected chi connectivity index (χ3v) is 4.58. The molecule has 1 aromatic carbocycles. The summed E-state index contributed by atoms with van der Waals surface area (Å²) in [5, 5.41) is 6.97. The monoisotopic (exact) mass is 262 g/mol. The normalized spacial score (nSPS) is 16.8. The van der Waals surface area contributed by atoms with Gasteiger partial charge in [0.05, 0.1) is 7.11 Å². The average Bonchev–Trinajstić information content (AvgIpc) is 2.37. The van der Waals surface area contributed by atoms with Crippen molar-refractivity contribution in [3.8, 4) is 5.75 Å². The lowest BCUT2D eigenvalue weighted by molar-refractivity contribution is 0.151.